The monoisotopic (exact) mass is 225 g/mol. The van der Waals surface area contributed by atoms with Crippen molar-refractivity contribution in [3.05, 3.63) is 24.3 Å². The van der Waals surface area contributed by atoms with Gasteiger partial charge in [-0.1, -0.05) is 0 Å². The number of urea groups is 1. The number of amides is 2. The first-order valence-electron chi connectivity index (χ1n) is 4.61. The van der Waals surface area contributed by atoms with Crippen LogP contribution in [0.15, 0.2) is 24.3 Å². The minimum absolute atomic E-state index is 0.186. The standard InChI is InChI=1S/C10H15N3OS/c1-15-7-6-12-10(14)13-9-4-2-8(11)3-5-9/h2-5H,6-7,11H2,1H3,(H2,12,13,14). The number of rotatable bonds is 4. The zero-order valence-corrected chi connectivity index (χ0v) is 9.43. The maximum Gasteiger partial charge on any atom is 0.319 e. The number of benzene rings is 1. The van der Waals surface area contributed by atoms with E-state index in [2.05, 4.69) is 10.6 Å². The first-order valence-corrected chi connectivity index (χ1v) is 6.01. The van der Waals surface area contributed by atoms with Crippen molar-refractivity contribution >= 4 is 29.2 Å². The van der Waals surface area contributed by atoms with E-state index in [1.807, 2.05) is 6.26 Å². The summed E-state index contributed by atoms with van der Waals surface area (Å²) in [6.45, 7) is 0.669. The van der Waals surface area contributed by atoms with E-state index >= 15 is 0 Å². The molecule has 4 nitrogen and oxygen atoms in total. The van der Waals surface area contributed by atoms with E-state index in [0.717, 1.165) is 11.4 Å². The second-order valence-electron chi connectivity index (χ2n) is 3.00. The third-order valence-electron chi connectivity index (χ3n) is 1.76. The Balaban J connectivity index is 2.34. The lowest BCUT2D eigenvalue weighted by Crippen LogP contribution is -2.30. The number of carbonyl (C=O) groups excluding carboxylic acids is 1. The fourth-order valence-electron chi connectivity index (χ4n) is 1.01. The first-order chi connectivity index (χ1) is 7.22. The van der Waals surface area contributed by atoms with Gasteiger partial charge in [0.2, 0.25) is 0 Å². The Bertz CT molecular complexity index is 313. The SMILES string of the molecule is CSCCNC(=O)Nc1ccc(N)cc1. The van der Waals surface area contributed by atoms with E-state index in [1.54, 1.807) is 36.0 Å². The number of carbonyl (C=O) groups is 1. The summed E-state index contributed by atoms with van der Waals surface area (Å²) in [6.07, 6.45) is 2.00. The molecule has 1 aromatic carbocycles. The molecule has 1 rings (SSSR count). The molecule has 4 N–H and O–H groups in total. The van der Waals surface area contributed by atoms with Gasteiger partial charge in [0.1, 0.15) is 0 Å². The van der Waals surface area contributed by atoms with Gasteiger partial charge in [0.05, 0.1) is 0 Å². The second-order valence-corrected chi connectivity index (χ2v) is 3.98. The van der Waals surface area contributed by atoms with Crippen molar-refractivity contribution in [2.24, 2.45) is 0 Å². The Hall–Kier alpha value is -1.36. The highest BCUT2D eigenvalue weighted by atomic mass is 32.2. The molecule has 0 aliphatic rings. The molecule has 0 aromatic heterocycles. The van der Waals surface area contributed by atoms with E-state index in [9.17, 15) is 4.79 Å². The van der Waals surface area contributed by atoms with Crippen LogP contribution in [0.3, 0.4) is 0 Å². The van der Waals surface area contributed by atoms with Crippen LogP contribution in [0.4, 0.5) is 16.2 Å². The maximum absolute atomic E-state index is 11.3. The molecule has 0 aliphatic carbocycles. The quantitative estimate of drug-likeness (QED) is 0.540. The van der Waals surface area contributed by atoms with Gasteiger partial charge >= 0.3 is 6.03 Å². The minimum Gasteiger partial charge on any atom is -0.399 e. The Morgan fingerprint density at radius 3 is 2.67 bits per heavy atom. The summed E-state index contributed by atoms with van der Waals surface area (Å²) in [6, 6.07) is 6.84. The van der Waals surface area contributed by atoms with Gasteiger partial charge in [-0.15, -0.1) is 0 Å². The van der Waals surface area contributed by atoms with Crippen LogP contribution in [-0.4, -0.2) is 24.6 Å². The summed E-state index contributed by atoms with van der Waals surface area (Å²) in [7, 11) is 0. The normalized spacial score (nSPS) is 9.67. The highest BCUT2D eigenvalue weighted by molar-refractivity contribution is 7.98. The molecule has 2 amide bonds. The molecule has 0 aliphatic heterocycles. The van der Waals surface area contributed by atoms with Gasteiger partial charge < -0.3 is 16.4 Å². The summed E-state index contributed by atoms with van der Waals surface area (Å²) < 4.78 is 0. The Morgan fingerprint density at radius 2 is 2.07 bits per heavy atom. The van der Waals surface area contributed by atoms with E-state index in [1.165, 1.54) is 0 Å². The van der Waals surface area contributed by atoms with Crippen molar-refractivity contribution in [3.8, 4) is 0 Å². The van der Waals surface area contributed by atoms with Gasteiger partial charge in [0.25, 0.3) is 0 Å². The third kappa shape index (κ3) is 4.60. The smallest absolute Gasteiger partial charge is 0.319 e. The highest BCUT2D eigenvalue weighted by Gasteiger charge is 1.99. The van der Waals surface area contributed by atoms with Gasteiger partial charge in [-0.25, -0.2) is 4.79 Å². The fraction of sp³-hybridized carbons (Fsp3) is 0.300. The number of anilines is 2. The summed E-state index contributed by atoms with van der Waals surface area (Å²) in [5, 5.41) is 5.46. The number of hydrogen-bond acceptors (Lipinski definition) is 3. The van der Waals surface area contributed by atoms with Crippen molar-refractivity contribution in [3.63, 3.8) is 0 Å². The van der Waals surface area contributed by atoms with Gasteiger partial charge in [-0.3, -0.25) is 0 Å². The van der Waals surface area contributed by atoms with Crippen molar-refractivity contribution in [1.82, 2.24) is 5.32 Å². The van der Waals surface area contributed by atoms with Crippen LogP contribution >= 0.6 is 11.8 Å². The first kappa shape index (κ1) is 11.7. The number of thioether (sulfide) groups is 1. The lowest BCUT2D eigenvalue weighted by molar-refractivity contribution is 0.252. The van der Waals surface area contributed by atoms with E-state index in [0.29, 0.717) is 12.2 Å². The molecule has 0 heterocycles. The molecule has 0 spiro atoms. The summed E-state index contributed by atoms with van der Waals surface area (Å²) in [5.41, 5.74) is 6.95. The lowest BCUT2D eigenvalue weighted by Gasteiger charge is -2.06. The van der Waals surface area contributed by atoms with Crippen molar-refractivity contribution < 1.29 is 4.79 Å². The number of nitrogens with one attached hydrogen (secondary N) is 2. The molecule has 0 fully saturated rings. The predicted octanol–water partition coefficient (Wildman–Crippen LogP) is 1.75. The fourth-order valence-corrected chi connectivity index (χ4v) is 1.31. The number of hydrogen-bond donors (Lipinski definition) is 3. The number of nitrogen functional groups attached to an aromatic ring is 1. The minimum atomic E-state index is -0.186. The van der Waals surface area contributed by atoms with Crippen LogP contribution in [0.2, 0.25) is 0 Å². The molecule has 0 saturated carbocycles. The molecule has 5 heteroatoms. The average Bonchev–Trinajstić information content (AvgIpc) is 2.22. The topological polar surface area (TPSA) is 67.2 Å². The van der Waals surface area contributed by atoms with E-state index in [-0.39, 0.29) is 6.03 Å². The van der Waals surface area contributed by atoms with Crippen LogP contribution < -0.4 is 16.4 Å². The molecule has 15 heavy (non-hydrogen) atoms. The van der Waals surface area contributed by atoms with E-state index < -0.39 is 0 Å². The Morgan fingerprint density at radius 1 is 1.40 bits per heavy atom. The zero-order chi connectivity index (χ0) is 11.1. The lowest BCUT2D eigenvalue weighted by atomic mass is 10.3. The Labute approximate surface area is 93.6 Å². The second kappa shape index (κ2) is 6.19. The Kier molecular flexibility index (Phi) is 4.83. The number of nitrogens with two attached hydrogens (primary N) is 1. The van der Waals surface area contributed by atoms with Crippen LogP contribution in [0.1, 0.15) is 0 Å². The van der Waals surface area contributed by atoms with Crippen molar-refractivity contribution in [2.75, 3.05) is 29.6 Å². The molecule has 0 atom stereocenters. The van der Waals surface area contributed by atoms with Crippen LogP contribution in [0.25, 0.3) is 0 Å². The van der Waals surface area contributed by atoms with Gasteiger partial charge in [0.15, 0.2) is 0 Å². The molecule has 0 bridgehead atoms. The van der Waals surface area contributed by atoms with Gasteiger partial charge in [-0.05, 0) is 30.5 Å². The van der Waals surface area contributed by atoms with Crippen LogP contribution in [-0.2, 0) is 0 Å². The average molecular weight is 225 g/mol. The molecular formula is C10H15N3OS. The maximum atomic E-state index is 11.3. The van der Waals surface area contributed by atoms with Gasteiger partial charge in [0, 0.05) is 23.7 Å². The van der Waals surface area contributed by atoms with Gasteiger partial charge in [-0.2, -0.15) is 11.8 Å². The molecular weight excluding hydrogens is 210 g/mol. The summed E-state index contributed by atoms with van der Waals surface area (Å²) in [4.78, 5) is 11.3. The third-order valence-corrected chi connectivity index (χ3v) is 2.37. The molecule has 82 valence electrons. The van der Waals surface area contributed by atoms with Crippen LogP contribution in [0.5, 0.6) is 0 Å². The molecule has 0 saturated heterocycles. The summed E-state index contributed by atoms with van der Waals surface area (Å²) >= 11 is 1.69. The molecule has 0 unspecified atom stereocenters. The molecule has 1 aromatic rings. The molecule has 0 radical (unpaired) electrons. The highest BCUT2D eigenvalue weighted by Crippen LogP contribution is 2.09. The van der Waals surface area contributed by atoms with Crippen molar-refractivity contribution in [1.29, 1.82) is 0 Å². The van der Waals surface area contributed by atoms with E-state index in [4.69, 9.17) is 5.73 Å². The van der Waals surface area contributed by atoms with Crippen LogP contribution in [0, 0.1) is 0 Å². The predicted molar refractivity (Wildman–Crippen MR) is 66.3 cm³/mol. The summed E-state index contributed by atoms with van der Waals surface area (Å²) in [5.74, 6) is 0.912. The zero-order valence-electron chi connectivity index (χ0n) is 8.62. The largest absolute Gasteiger partial charge is 0.399 e. The van der Waals surface area contributed by atoms with Crippen molar-refractivity contribution in [2.45, 2.75) is 0 Å².